The van der Waals surface area contributed by atoms with Gasteiger partial charge in [0.05, 0.1) is 4.47 Å². The normalized spacial score (nSPS) is 14.7. The van der Waals surface area contributed by atoms with E-state index in [1.54, 1.807) is 11.3 Å². The summed E-state index contributed by atoms with van der Waals surface area (Å²) in [5, 5.41) is 5.78. The maximum atomic E-state index is 5.47. The molecule has 1 atom stereocenters. The van der Waals surface area contributed by atoms with Crippen molar-refractivity contribution >= 4 is 27.3 Å². The largest absolute Gasteiger partial charge is 0.454 e. The highest BCUT2D eigenvalue weighted by atomic mass is 79.9. The monoisotopic (exact) mass is 367 g/mol. The van der Waals surface area contributed by atoms with Crippen LogP contribution in [0.1, 0.15) is 30.3 Å². The first-order valence-electron chi connectivity index (χ1n) is 7.00. The molecule has 1 aromatic heterocycles. The van der Waals surface area contributed by atoms with Crippen LogP contribution in [0.5, 0.6) is 11.5 Å². The predicted octanol–water partition coefficient (Wildman–Crippen LogP) is 4.73. The Morgan fingerprint density at radius 1 is 1.33 bits per heavy atom. The maximum absolute atomic E-state index is 5.47. The second-order valence-electron chi connectivity index (χ2n) is 5.43. The number of halogens is 1. The van der Waals surface area contributed by atoms with Crippen LogP contribution in [0.3, 0.4) is 0 Å². The van der Waals surface area contributed by atoms with Crippen LogP contribution in [0.4, 0.5) is 0 Å². The van der Waals surface area contributed by atoms with Gasteiger partial charge in [-0.25, -0.2) is 0 Å². The molecule has 2 aromatic rings. The van der Waals surface area contributed by atoms with Gasteiger partial charge in [0.1, 0.15) is 0 Å². The molecular formula is C16H18BrNO2S. The first-order chi connectivity index (χ1) is 10.1. The second-order valence-corrected chi connectivity index (χ2v) is 7.26. The molecule has 0 saturated carbocycles. The van der Waals surface area contributed by atoms with E-state index in [0.29, 0.717) is 18.8 Å². The van der Waals surface area contributed by atoms with Crippen molar-refractivity contribution in [2.75, 3.05) is 6.79 Å². The summed E-state index contributed by atoms with van der Waals surface area (Å²) >= 11 is 5.34. The van der Waals surface area contributed by atoms with Gasteiger partial charge in [0, 0.05) is 17.5 Å². The van der Waals surface area contributed by atoms with Gasteiger partial charge in [-0.15, -0.1) is 11.3 Å². The van der Waals surface area contributed by atoms with Crippen LogP contribution in [0, 0.1) is 5.92 Å². The summed E-state index contributed by atoms with van der Waals surface area (Å²) in [6, 6.07) is 8.80. The zero-order valence-electron chi connectivity index (χ0n) is 12.1. The predicted molar refractivity (Wildman–Crippen MR) is 89.0 cm³/mol. The fraction of sp³-hybridized carbons (Fsp3) is 0.375. The molecule has 1 unspecified atom stereocenters. The number of hydrogen-bond donors (Lipinski definition) is 1. The third-order valence-corrected chi connectivity index (χ3v) is 5.07. The Labute approximate surface area is 137 Å². The molecule has 0 spiro atoms. The highest BCUT2D eigenvalue weighted by Gasteiger charge is 2.20. The molecule has 3 rings (SSSR count). The smallest absolute Gasteiger partial charge is 0.231 e. The Hall–Kier alpha value is -1.04. The summed E-state index contributed by atoms with van der Waals surface area (Å²) in [4.78, 5) is 1.38. The number of nitrogens with one attached hydrogen (secondary N) is 1. The lowest BCUT2D eigenvalue weighted by atomic mass is 10.0. The lowest BCUT2D eigenvalue weighted by Gasteiger charge is -2.21. The standard InChI is InChI=1S/C16H18BrNO2S/c1-10(2)15(14-4-3-5-21-14)18-8-11-6-12(17)16-13(7-11)19-9-20-16/h3-7,10,15,18H,8-9H2,1-2H3. The zero-order valence-corrected chi connectivity index (χ0v) is 14.5. The van der Waals surface area contributed by atoms with Crippen molar-refractivity contribution in [3.8, 4) is 11.5 Å². The van der Waals surface area contributed by atoms with Crippen molar-refractivity contribution in [2.24, 2.45) is 5.92 Å². The van der Waals surface area contributed by atoms with E-state index in [0.717, 1.165) is 22.5 Å². The summed E-state index contributed by atoms with van der Waals surface area (Å²) in [6.07, 6.45) is 0. The van der Waals surface area contributed by atoms with E-state index in [4.69, 9.17) is 9.47 Å². The van der Waals surface area contributed by atoms with Crippen molar-refractivity contribution in [1.82, 2.24) is 5.32 Å². The number of rotatable bonds is 5. The van der Waals surface area contributed by atoms with Crippen LogP contribution in [0.2, 0.25) is 0 Å². The van der Waals surface area contributed by atoms with Gasteiger partial charge in [-0.2, -0.15) is 0 Å². The minimum absolute atomic E-state index is 0.300. The summed E-state index contributed by atoms with van der Waals surface area (Å²) in [6.45, 7) is 5.59. The van der Waals surface area contributed by atoms with Crippen LogP contribution < -0.4 is 14.8 Å². The minimum Gasteiger partial charge on any atom is -0.454 e. The second kappa shape index (κ2) is 6.38. The molecule has 5 heteroatoms. The number of fused-ring (bicyclic) bond motifs is 1. The van der Waals surface area contributed by atoms with E-state index in [-0.39, 0.29) is 0 Å². The number of hydrogen-bond acceptors (Lipinski definition) is 4. The topological polar surface area (TPSA) is 30.5 Å². The molecule has 0 aliphatic carbocycles. The summed E-state index contributed by atoms with van der Waals surface area (Å²) in [5.74, 6) is 2.16. The van der Waals surface area contributed by atoms with E-state index < -0.39 is 0 Å². The molecule has 112 valence electrons. The van der Waals surface area contributed by atoms with E-state index in [1.807, 2.05) is 6.07 Å². The first-order valence-corrected chi connectivity index (χ1v) is 8.67. The van der Waals surface area contributed by atoms with E-state index in [9.17, 15) is 0 Å². The van der Waals surface area contributed by atoms with Gasteiger partial charge in [-0.3, -0.25) is 0 Å². The molecule has 0 bridgehead atoms. The molecule has 0 amide bonds. The molecule has 2 heterocycles. The number of ether oxygens (including phenoxy) is 2. The fourth-order valence-corrected chi connectivity index (χ4v) is 4.06. The third kappa shape index (κ3) is 3.25. The Morgan fingerprint density at radius 3 is 2.90 bits per heavy atom. The van der Waals surface area contributed by atoms with Crippen LogP contribution in [-0.4, -0.2) is 6.79 Å². The number of benzene rings is 1. The third-order valence-electron chi connectivity index (χ3n) is 3.53. The zero-order chi connectivity index (χ0) is 14.8. The van der Waals surface area contributed by atoms with E-state index >= 15 is 0 Å². The summed E-state index contributed by atoms with van der Waals surface area (Å²) < 4.78 is 11.8. The molecule has 3 nitrogen and oxygen atoms in total. The Bertz CT molecular complexity index is 613. The SMILES string of the molecule is CC(C)C(NCc1cc(Br)c2c(c1)OCO2)c1cccs1. The quantitative estimate of drug-likeness (QED) is 0.828. The molecule has 0 fully saturated rings. The fourth-order valence-electron chi connectivity index (χ4n) is 2.48. The lowest BCUT2D eigenvalue weighted by Crippen LogP contribution is -2.24. The van der Waals surface area contributed by atoms with Gasteiger partial charge in [-0.05, 0) is 51.0 Å². The van der Waals surface area contributed by atoms with Gasteiger partial charge < -0.3 is 14.8 Å². The molecule has 1 aliphatic heterocycles. The maximum Gasteiger partial charge on any atom is 0.231 e. The average Bonchev–Trinajstić information content (AvgIpc) is 3.09. The van der Waals surface area contributed by atoms with Gasteiger partial charge in [0.25, 0.3) is 0 Å². The molecule has 1 aliphatic rings. The Kier molecular flexibility index (Phi) is 4.52. The van der Waals surface area contributed by atoms with Crippen molar-refractivity contribution in [1.29, 1.82) is 0 Å². The van der Waals surface area contributed by atoms with Crippen LogP contribution in [-0.2, 0) is 6.54 Å². The first kappa shape index (κ1) is 14.9. The molecular weight excluding hydrogens is 350 g/mol. The van der Waals surface area contributed by atoms with Crippen LogP contribution >= 0.6 is 27.3 Å². The Morgan fingerprint density at radius 2 is 2.19 bits per heavy atom. The minimum atomic E-state index is 0.300. The van der Waals surface area contributed by atoms with E-state index in [2.05, 4.69) is 58.7 Å². The van der Waals surface area contributed by atoms with Gasteiger partial charge in [0.2, 0.25) is 6.79 Å². The summed E-state index contributed by atoms with van der Waals surface area (Å²) in [7, 11) is 0. The molecule has 1 aromatic carbocycles. The van der Waals surface area contributed by atoms with Gasteiger partial charge in [0.15, 0.2) is 11.5 Å². The highest BCUT2D eigenvalue weighted by molar-refractivity contribution is 9.10. The molecule has 0 saturated heterocycles. The van der Waals surface area contributed by atoms with E-state index in [1.165, 1.54) is 10.4 Å². The van der Waals surface area contributed by atoms with Gasteiger partial charge >= 0.3 is 0 Å². The van der Waals surface area contributed by atoms with Crippen molar-refractivity contribution in [3.63, 3.8) is 0 Å². The molecule has 21 heavy (non-hydrogen) atoms. The number of thiophene rings is 1. The average molecular weight is 368 g/mol. The molecule has 0 radical (unpaired) electrons. The molecule has 1 N–H and O–H groups in total. The van der Waals surface area contributed by atoms with Crippen molar-refractivity contribution in [2.45, 2.75) is 26.4 Å². The Balaban J connectivity index is 1.73. The highest BCUT2D eigenvalue weighted by Crippen LogP contribution is 2.40. The van der Waals surface area contributed by atoms with Gasteiger partial charge in [-0.1, -0.05) is 19.9 Å². The summed E-state index contributed by atoms with van der Waals surface area (Å²) in [5.41, 5.74) is 1.19. The lowest BCUT2D eigenvalue weighted by molar-refractivity contribution is 0.173. The van der Waals surface area contributed by atoms with Crippen molar-refractivity contribution in [3.05, 3.63) is 44.6 Å². The van der Waals surface area contributed by atoms with Crippen LogP contribution in [0.15, 0.2) is 34.1 Å². The van der Waals surface area contributed by atoms with Crippen LogP contribution in [0.25, 0.3) is 0 Å². The van der Waals surface area contributed by atoms with Crippen molar-refractivity contribution < 1.29 is 9.47 Å².